The second-order valence-corrected chi connectivity index (χ2v) is 12.9. The summed E-state index contributed by atoms with van der Waals surface area (Å²) in [6, 6.07) is 0.620. The van der Waals surface area contributed by atoms with Gasteiger partial charge in [-0.05, 0) is 32.6 Å². The van der Waals surface area contributed by atoms with Crippen molar-refractivity contribution < 1.29 is 4.57 Å². The molecule has 0 aromatic carbocycles. The first kappa shape index (κ1) is 36.2. The predicted molar refractivity (Wildman–Crippen MR) is 175 cm³/mol. The SMILES string of the molecule is CCCCCCCCCCCCCCCC(CCCCCCCCCCC)c1[nH]cc[n+]1C(C)CCCCC. The third-order valence-electron chi connectivity index (χ3n) is 9.14. The zero-order valence-corrected chi connectivity index (χ0v) is 27.6. The Hall–Kier alpha value is -0.790. The van der Waals surface area contributed by atoms with E-state index in [2.05, 4.69) is 49.6 Å². The third kappa shape index (κ3) is 19.8. The highest BCUT2D eigenvalue weighted by molar-refractivity contribution is 4.90. The lowest BCUT2D eigenvalue weighted by molar-refractivity contribution is -0.727. The minimum absolute atomic E-state index is 0.620. The van der Waals surface area contributed by atoms with E-state index < -0.39 is 0 Å². The van der Waals surface area contributed by atoms with E-state index in [0.717, 1.165) is 0 Å². The highest BCUT2D eigenvalue weighted by Gasteiger charge is 2.25. The van der Waals surface area contributed by atoms with E-state index in [4.69, 9.17) is 0 Å². The van der Waals surface area contributed by atoms with Crippen LogP contribution in [0.5, 0.6) is 0 Å². The molecule has 1 N–H and O–H groups in total. The molecule has 39 heavy (non-hydrogen) atoms. The molecule has 1 aromatic rings. The molecule has 0 saturated heterocycles. The highest BCUT2D eigenvalue weighted by Crippen LogP contribution is 2.27. The molecular weight excluding hydrogens is 472 g/mol. The van der Waals surface area contributed by atoms with E-state index in [1.807, 2.05) is 0 Å². The average molecular weight is 546 g/mol. The van der Waals surface area contributed by atoms with Crippen molar-refractivity contribution in [1.29, 1.82) is 0 Å². The Bertz CT molecular complexity index is 606. The lowest BCUT2D eigenvalue weighted by Gasteiger charge is -2.17. The molecule has 0 radical (unpaired) electrons. The Morgan fingerprint density at radius 2 is 0.821 bits per heavy atom. The van der Waals surface area contributed by atoms with Crippen LogP contribution in [0.2, 0.25) is 0 Å². The van der Waals surface area contributed by atoms with Gasteiger partial charge < -0.3 is 0 Å². The first-order valence-electron chi connectivity index (χ1n) is 18.3. The second-order valence-electron chi connectivity index (χ2n) is 12.9. The van der Waals surface area contributed by atoms with Crippen LogP contribution in [0.25, 0.3) is 0 Å². The number of rotatable bonds is 30. The molecule has 0 spiro atoms. The Morgan fingerprint density at radius 1 is 0.487 bits per heavy atom. The molecule has 1 aromatic heterocycles. The van der Waals surface area contributed by atoms with E-state index in [1.165, 1.54) is 186 Å². The van der Waals surface area contributed by atoms with Gasteiger partial charge in [0.2, 0.25) is 0 Å². The van der Waals surface area contributed by atoms with Gasteiger partial charge >= 0.3 is 0 Å². The number of hydrogen-bond acceptors (Lipinski definition) is 0. The fourth-order valence-electron chi connectivity index (χ4n) is 6.43. The molecule has 0 fully saturated rings. The van der Waals surface area contributed by atoms with Gasteiger partial charge in [0.25, 0.3) is 5.82 Å². The van der Waals surface area contributed by atoms with E-state index in [9.17, 15) is 0 Å². The molecule has 0 aliphatic rings. The van der Waals surface area contributed by atoms with E-state index in [-0.39, 0.29) is 0 Å². The second kappa shape index (κ2) is 27.4. The summed E-state index contributed by atoms with van der Waals surface area (Å²) in [4.78, 5) is 3.72. The maximum absolute atomic E-state index is 3.72. The molecule has 2 unspecified atom stereocenters. The van der Waals surface area contributed by atoms with Gasteiger partial charge in [-0.25, -0.2) is 9.55 Å². The zero-order valence-electron chi connectivity index (χ0n) is 27.6. The van der Waals surface area contributed by atoms with Crippen LogP contribution in [0.4, 0.5) is 0 Å². The van der Waals surface area contributed by atoms with Gasteiger partial charge in [-0.1, -0.05) is 175 Å². The Kier molecular flexibility index (Phi) is 25.4. The van der Waals surface area contributed by atoms with Gasteiger partial charge in [0.15, 0.2) is 0 Å². The van der Waals surface area contributed by atoms with Crippen LogP contribution in [0.1, 0.15) is 225 Å². The smallest absolute Gasteiger partial charge is 0.247 e. The van der Waals surface area contributed by atoms with Crippen LogP contribution in [0.3, 0.4) is 0 Å². The van der Waals surface area contributed by atoms with Gasteiger partial charge in [0.1, 0.15) is 12.4 Å². The summed E-state index contributed by atoms with van der Waals surface area (Å²) in [7, 11) is 0. The quantitative estimate of drug-likeness (QED) is 0.0732. The number of imidazole rings is 1. The summed E-state index contributed by atoms with van der Waals surface area (Å²) in [6.07, 6.45) is 44.3. The summed E-state index contributed by atoms with van der Waals surface area (Å²) in [5.41, 5.74) is 0. The van der Waals surface area contributed by atoms with Crippen molar-refractivity contribution in [1.82, 2.24) is 4.98 Å². The van der Waals surface area contributed by atoms with Crippen LogP contribution in [0, 0.1) is 0 Å². The molecule has 0 bridgehead atoms. The van der Waals surface area contributed by atoms with Gasteiger partial charge in [-0.15, -0.1) is 0 Å². The van der Waals surface area contributed by atoms with Crippen LogP contribution in [0.15, 0.2) is 12.4 Å². The van der Waals surface area contributed by atoms with Gasteiger partial charge in [0.05, 0.1) is 12.0 Å². The van der Waals surface area contributed by atoms with Crippen molar-refractivity contribution in [3.05, 3.63) is 18.2 Å². The predicted octanol–water partition coefficient (Wildman–Crippen LogP) is 12.9. The lowest BCUT2D eigenvalue weighted by atomic mass is 9.92. The Balaban J connectivity index is 2.36. The molecule has 2 atom stereocenters. The van der Waals surface area contributed by atoms with Crippen LogP contribution < -0.4 is 4.57 Å². The van der Waals surface area contributed by atoms with Gasteiger partial charge in [-0.2, -0.15) is 0 Å². The molecule has 1 rings (SSSR count). The molecule has 0 aliphatic carbocycles. The normalized spacial score (nSPS) is 13.2. The van der Waals surface area contributed by atoms with E-state index in [1.54, 1.807) is 0 Å². The first-order valence-corrected chi connectivity index (χ1v) is 18.3. The van der Waals surface area contributed by atoms with Crippen molar-refractivity contribution in [3.63, 3.8) is 0 Å². The number of aromatic amines is 1. The van der Waals surface area contributed by atoms with E-state index >= 15 is 0 Å². The van der Waals surface area contributed by atoms with Gasteiger partial charge in [0, 0.05) is 0 Å². The Morgan fingerprint density at radius 3 is 1.23 bits per heavy atom. The van der Waals surface area contributed by atoms with Crippen molar-refractivity contribution in [3.8, 4) is 0 Å². The maximum Gasteiger partial charge on any atom is 0.257 e. The molecule has 2 nitrogen and oxygen atoms in total. The summed E-state index contributed by atoms with van der Waals surface area (Å²) < 4.78 is 2.61. The van der Waals surface area contributed by atoms with Crippen LogP contribution >= 0.6 is 0 Å². The third-order valence-corrected chi connectivity index (χ3v) is 9.14. The molecular formula is C37H73N2+. The zero-order chi connectivity index (χ0) is 28.2. The largest absolute Gasteiger partial charge is 0.257 e. The molecule has 230 valence electrons. The van der Waals surface area contributed by atoms with Crippen LogP contribution in [-0.4, -0.2) is 4.98 Å². The summed E-state index contributed by atoms with van der Waals surface area (Å²) >= 11 is 0. The minimum atomic E-state index is 0.620. The number of unbranched alkanes of at least 4 members (excludes halogenated alkanes) is 22. The van der Waals surface area contributed by atoms with Crippen molar-refractivity contribution >= 4 is 0 Å². The molecule has 0 amide bonds. The number of nitrogens with one attached hydrogen (secondary N) is 1. The monoisotopic (exact) mass is 546 g/mol. The maximum atomic E-state index is 3.72. The van der Waals surface area contributed by atoms with Crippen molar-refractivity contribution in [2.75, 3.05) is 0 Å². The summed E-state index contributed by atoms with van der Waals surface area (Å²) in [5, 5.41) is 0. The number of nitrogens with zero attached hydrogens (tertiary/aromatic N) is 1. The fourth-order valence-corrected chi connectivity index (χ4v) is 6.43. The number of H-pyrrole nitrogens is 1. The Labute approximate surface area is 246 Å². The minimum Gasteiger partial charge on any atom is -0.247 e. The standard InChI is InChI=1S/C37H72N2/c1-5-8-11-13-15-17-18-19-20-22-24-26-29-32-36(31-28-25-23-21-16-14-12-9-6-2)37-38-33-34-39(37)35(4)30-27-10-7-3/h33-36H,5-32H2,1-4H3/p+1. The van der Waals surface area contributed by atoms with E-state index in [0.29, 0.717) is 12.0 Å². The fraction of sp³-hybridized carbons (Fsp3) is 0.919. The molecule has 0 aliphatic heterocycles. The summed E-state index contributed by atoms with van der Waals surface area (Å²) in [6.45, 7) is 9.38. The highest BCUT2D eigenvalue weighted by atomic mass is 15.1. The van der Waals surface area contributed by atoms with Crippen LogP contribution in [-0.2, 0) is 0 Å². The number of aromatic nitrogens is 2. The number of hydrogen-bond donors (Lipinski definition) is 1. The van der Waals surface area contributed by atoms with Gasteiger partial charge in [-0.3, -0.25) is 0 Å². The van der Waals surface area contributed by atoms with Crippen molar-refractivity contribution in [2.24, 2.45) is 0 Å². The topological polar surface area (TPSA) is 19.7 Å². The summed E-state index contributed by atoms with van der Waals surface area (Å²) in [5.74, 6) is 2.24. The average Bonchev–Trinajstić information content (AvgIpc) is 3.43. The lowest BCUT2D eigenvalue weighted by Crippen LogP contribution is -2.41. The first-order chi connectivity index (χ1) is 19.2. The molecule has 2 heteroatoms. The molecule has 0 saturated carbocycles. The molecule has 1 heterocycles. The van der Waals surface area contributed by atoms with Crippen molar-refractivity contribution in [2.45, 2.75) is 219 Å².